The Morgan fingerprint density at radius 3 is 1.00 bits per heavy atom. The van der Waals surface area contributed by atoms with Crippen molar-refractivity contribution in [3.05, 3.63) is 0 Å². The molecule has 0 aromatic heterocycles. The summed E-state index contributed by atoms with van der Waals surface area (Å²) < 4.78 is 0. The van der Waals surface area contributed by atoms with Crippen LogP contribution in [0, 0.1) is 0 Å². The topological polar surface area (TPSA) is 31.5 Å². The third-order valence-corrected chi connectivity index (χ3v) is 0. The predicted molar refractivity (Wildman–Crippen MR) is 27.0 cm³/mol. The van der Waals surface area contributed by atoms with Gasteiger partial charge in [-0.3, -0.25) is 0 Å². The van der Waals surface area contributed by atoms with Gasteiger partial charge in [0.05, 0.1) is 0 Å². The van der Waals surface area contributed by atoms with E-state index < -0.39 is 20.2 Å². The first-order valence-electron chi connectivity index (χ1n) is 1.34. The molecule has 0 unspecified atom stereocenters. The number of hydrogen-bond acceptors (Lipinski definition) is 0. The predicted octanol–water partition coefficient (Wildman–Crippen LogP) is 0.546. The molecular formula is C3H11OSb. The average Bonchev–Trinajstić information content (AvgIpc) is 0.811. The van der Waals surface area contributed by atoms with E-state index in [-0.39, 0.29) is 5.48 Å². The van der Waals surface area contributed by atoms with Crippen LogP contribution in [0.2, 0.25) is 14.6 Å². The van der Waals surface area contributed by atoms with Crippen LogP contribution in [-0.4, -0.2) is 25.7 Å². The Bertz CT molecular complexity index is 11.6. The van der Waals surface area contributed by atoms with Crippen molar-refractivity contribution in [1.82, 2.24) is 0 Å². The summed E-state index contributed by atoms with van der Waals surface area (Å²) in [5.41, 5.74) is 0. The van der Waals surface area contributed by atoms with Crippen LogP contribution < -0.4 is 0 Å². The summed E-state index contributed by atoms with van der Waals surface area (Å²) in [6.07, 6.45) is 0. The van der Waals surface area contributed by atoms with Crippen molar-refractivity contribution in [3.8, 4) is 0 Å². The molecule has 0 fully saturated rings. The number of hydrogen-bond donors (Lipinski definition) is 0. The van der Waals surface area contributed by atoms with Crippen molar-refractivity contribution in [1.29, 1.82) is 0 Å². The molecule has 0 aromatic rings. The Morgan fingerprint density at radius 1 is 1.00 bits per heavy atom. The van der Waals surface area contributed by atoms with E-state index in [2.05, 4.69) is 14.6 Å². The van der Waals surface area contributed by atoms with Crippen LogP contribution >= 0.6 is 0 Å². The van der Waals surface area contributed by atoms with Crippen molar-refractivity contribution in [2.75, 3.05) is 0 Å². The van der Waals surface area contributed by atoms with Crippen molar-refractivity contribution in [3.63, 3.8) is 0 Å². The van der Waals surface area contributed by atoms with E-state index in [4.69, 9.17) is 0 Å². The van der Waals surface area contributed by atoms with Gasteiger partial charge >= 0.3 is 34.8 Å². The third kappa shape index (κ3) is 60.9. The van der Waals surface area contributed by atoms with E-state index in [1.165, 1.54) is 0 Å². The minimum atomic E-state index is -0.450. The van der Waals surface area contributed by atoms with E-state index in [9.17, 15) is 0 Å². The Morgan fingerprint density at radius 2 is 1.00 bits per heavy atom. The Labute approximate surface area is 40.6 Å². The Hall–Kier alpha value is 0.778. The molecule has 0 aromatic carbocycles. The summed E-state index contributed by atoms with van der Waals surface area (Å²) >= 11 is -0.450. The maximum atomic E-state index is 2.35. The van der Waals surface area contributed by atoms with Crippen LogP contribution in [0.1, 0.15) is 0 Å². The molecule has 0 rings (SSSR count). The molecule has 0 aliphatic rings. The summed E-state index contributed by atoms with van der Waals surface area (Å²) in [5.74, 6) is 0. The molecule has 0 radical (unpaired) electrons. The quantitative estimate of drug-likeness (QED) is 0.493. The summed E-state index contributed by atoms with van der Waals surface area (Å²) in [4.78, 5) is 7.05. The van der Waals surface area contributed by atoms with Crippen LogP contribution in [0.3, 0.4) is 0 Å². The molecule has 0 heterocycles. The summed E-state index contributed by atoms with van der Waals surface area (Å²) in [7, 11) is 0. The summed E-state index contributed by atoms with van der Waals surface area (Å²) in [6, 6.07) is 0. The van der Waals surface area contributed by atoms with E-state index in [1.807, 2.05) is 0 Å². The Kier molecular flexibility index (Phi) is 8.83. The van der Waals surface area contributed by atoms with Gasteiger partial charge in [-0.1, -0.05) is 0 Å². The SMILES string of the molecule is O.[CH3][Sb]([CH3])[CH3]. The van der Waals surface area contributed by atoms with Gasteiger partial charge < -0.3 is 5.48 Å². The van der Waals surface area contributed by atoms with Gasteiger partial charge in [-0.05, 0) is 0 Å². The fourth-order valence-corrected chi connectivity index (χ4v) is 0. The first-order valence-corrected chi connectivity index (χ1v) is 9.00. The van der Waals surface area contributed by atoms with Crippen LogP contribution in [0.5, 0.6) is 0 Å². The molecule has 2 N–H and O–H groups in total. The molecule has 5 heavy (non-hydrogen) atoms. The second kappa shape index (κ2) is 4.78. The van der Waals surface area contributed by atoms with Crippen LogP contribution in [-0.2, 0) is 0 Å². The fourth-order valence-electron chi connectivity index (χ4n) is 0. The monoisotopic (exact) mass is 184 g/mol. The van der Waals surface area contributed by atoms with Gasteiger partial charge in [-0.25, -0.2) is 0 Å². The molecule has 0 spiro atoms. The normalized spacial score (nSPS) is 7.20. The van der Waals surface area contributed by atoms with Gasteiger partial charge in [0.15, 0.2) is 0 Å². The van der Waals surface area contributed by atoms with Gasteiger partial charge in [-0.2, -0.15) is 0 Å². The van der Waals surface area contributed by atoms with Crippen molar-refractivity contribution in [2.45, 2.75) is 14.6 Å². The molecule has 0 aliphatic carbocycles. The van der Waals surface area contributed by atoms with Gasteiger partial charge in [-0.15, -0.1) is 0 Å². The molecule has 34 valence electrons. The minimum absolute atomic E-state index is 0. The third-order valence-electron chi connectivity index (χ3n) is 0. The zero-order valence-corrected chi connectivity index (χ0v) is 6.50. The summed E-state index contributed by atoms with van der Waals surface area (Å²) in [6.45, 7) is 0. The first-order chi connectivity index (χ1) is 1.73. The summed E-state index contributed by atoms with van der Waals surface area (Å²) in [5, 5.41) is 0. The van der Waals surface area contributed by atoms with E-state index in [0.29, 0.717) is 0 Å². The fraction of sp³-hybridized carbons (Fsp3) is 1.00. The van der Waals surface area contributed by atoms with Crippen molar-refractivity contribution < 1.29 is 5.48 Å². The zero-order valence-electron chi connectivity index (χ0n) is 3.95. The van der Waals surface area contributed by atoms with E-state index in [0.717, 1.165) is 0 Å². The first kappa shape index (κ1) is 9.24. The molecule has 1 nitrogen and oxygen atoms in total. The van der Waals surface area contributed by atoms with Crippen LogP contribution in [0.4, 0.5) is 0 Å². The molecule has 0 amide bonds. The maximum absolute atomic E-state index is 2.35. The molecule has 0 atom stereocenters. The average molecular weight is 185 g/mol. The van der Waals surface area contributed by atoms with Crippen molar-refractivity contribution in [2.24, 2.45) is 0 Å². The van der Waals surface area contributed by atoms with E-state index >= 15 is 0 Å². The standard InChI is InChI=1S/3CH3.H2O.Sb/h3*1H3;1H2;. The Balaban J connectivity index is 0. The van der Waals surface area contributed by atoms with Crippen LogP contribution in [0.15, 0.2) is 0 Å². The second-order valence-electron chi connectivity index (χ2n) is 1.34. The number of rotatable bonds is 0. The zero-order chi connectivity index (χ0) is 3.58. The van der Waals surface area contributed by atoms with Gasteiger partial charge in [0.2, 0.25) is 0 Å². The van der Waals surface area contributed by atoms with Gasteiger partial charge in [0.1, 0.15) is 0 Å². The molecule has 0 aliphatic heterocycles. The van der Waals surface area contributed by atoms with Crippen LogP contribution in [0.25, 0.3) is 0 Å². The molecule has 0 bridgehead atoms. The molecule has 0 saturated carbocycles. The molecule has 2 heteroatoms. The molecular weight excluding hydrogens is 174 g/mol. The van der Waals surface area contributed by atoms with Gasteiger partial charge in [0, 0.05) is 0 Å². The second-order valence-corrected chi connectivity index (χ2v) is 9.00. The van der Waals surface area contributed by atoms with E-state index in [1.54, 1.807) is 0 Å². The molecule has 0 saturated heterocycles. The van der Waals surface area contributed by atoms with Crippen molar-refractivity contribution >= 4 is 20.2 Å². The van der Waals surface area contributed by atoms with Gasteiger partial charge in [0.25, 0.3) is 0 Å².